The molecule has 0 saturated heterocycles. The Hall–Kier alpha value is -1.26. The molecule has 1 N–H and O–H groups in total. The molecule has 1 atom stereocenters. The fourth-order valence-electron chi connectivity index (χ4n) is 2.17. The van der Waals surface area contributed by atoms with Crippen LogP contribution in [-0.2, 0) is 11.8 Å². The molecule has 20 heavy (non-hydrogen) atoms. The lowest BCUT2D eigenvalue weighted by molar-refractivity contribution is 0.559. The van der Waals surface area contributed by atoms with Crippen LogP contribution in [0.15, 0.2) is 23.8 Å². The molecule has 0 aromatic carbocycles. The average Bonchev–Trinajstić information content (AvgIpc) is 2.85. The number of hydrogen-bond donors (Lipinski definition) is 1. The summed E-state index contributed by atoms with van der Waals surface area (Å²) in [6.07, 6.45) is 4.69. The van der Waals surface area contributed by atoms with Crippen molar-refractivity contribution in [1.82, 2.24) is 15.3 Å². The van der Waals surface area contributed by atoms with Gasteiger partial charge in [0.15, 0.2) is 0 Å². The van der Waals surface area contributed by atoms with Gasteiger partial charge in [-0.15, -0.1) is 11.3 Å². The number of nitrogens with one attached hydrogen (secondary N) is 1. The number of aromatic nitrogens is 2. The molecule has 2 rings (SSSR count). The molecule has 2 heterocycles. The van der Waals surface area contributed by atoms with Crippen molar-refractivity contribution in [3.05, 3.63) is 45.7 Å². The molecule has 0 aliphatic heterocycles. The number of aryl methyl sites for hydroxylation is 1. The van der Waals surface area contributed by atoms with Gasteiger partial charge in [-0.25, -0.2) is 4.98 Å². The molecule has 0 radical (unpaired) electrons. The van der Waals surface area contributed by atoms with Crippen molar-refractivity contribution in [2.24, 2.45) is 0 Å². The molecular weight excluding hydrogens is 266 g/mol. The van der Waals surface area contributed by atoms with E-state index >= 15 is 0 Å². The number of likely N-dealkylation sites (N-methyl/N-ethyl adjacent to an activating group) is 1. The molecule has 0 bridgehead atoms. The third-order valence-electron chi connectivity index (χ3n) is 3.49. The summed E-state index contributed by atoms with van der Waals surface area (Å²) in [6, 6.07) is 2.38. The quantitative estimate of drug-likeness (QED) is 0.933. The standard InChI is InChI=1S/C16H23N3S/c1-11-9-18-7-6-12(11)13(17-5)8-15-19-14(10-20-15)16(2,3)4/h6-7,9-10,13,17H,8H2,1-5H3. The molecule has 108 valence electrons. The van der Waals surface area contributed by atoms with Gasteiger partial charge < -0.3 is 5.32 Å². The summed E-state index contributed by atoms with van der Waals surface area (Å²) in [4.78, 5) is 8.95. The van der Waals surface area contributed by atoms with Gasteiger partial charge in [0.2, 0.25) is 0 Å². The molecule has 3 nitrogen and oxygen atoms in total. The third-order valence-corrected chi connectivity index (χ3v) is 4.36. The number of thiazole rings is 1. The Morgan fingerprint density at radius 2 is 2.10 bits per heavy atom. The van der Waals surface area contributed by atoms with E-state index in [9.17, 15) is 0 Å². The van der Waals surface area contributed by atoms with Gasteiger partial charge in [-0.3, -0.25) is 4.98 Å². The highest BCUT2D eigenvalue weighted by atomic mass is 32.1. The van der Waals surface area contributed by atoms with E-state index in [4.69, 9.17) is 4.98 Å². The Balaban J connectivity index is 2.19. The van der Waals surface area contributed by atoms with Gasteiger partial charge in [0.05, 0.1) is 10.7 Å². The van der Waals surface area contributed by atoms with Crippen LogP contribution in [0.4, 0.5) is 0 Å². The van der Waals surface area contributed by atoms with Crippen molar-refractivity contribution >= 4 is 11.3 Å². The molecule has 0 aliphatic carbocycles. The van der Waals surface area contributed by atoms with E-state index in [1.165, 1.54) is 21.8 Å². The highest BCUT2D eigenvalue weighted by Crippen LogP contribution is 2.27. The van der Waals surface area contributed by atoms with Gasteiger partial charge >= 0.3 is 0 Å². The number of hydrogen-bond acceptors (Lipinski definition) is 4. The Kier molecular flexibility index (Phi) is 4.55. The molecule has 2 aromatic rings. The first-order chi connectivity index (χ1) is 9.41. The number of rotatable bonds is 4. The first-order valence-electron chi connectivity index (χ1n) is 6.94. The zero-order chi connectivity index (χ0) is 14.8. The molecule has 0 spiro atoms. The summed E-state index contributed by atoms with van der Waals surface area (Å²) < 4.78 is 0. The number of pyridine rings is 1. The zero-order valence-electron chi connectivity index (χ0n) is 12.9. The van der Waals surface area contributed by atoms with Crippen molar-refractivity contribution in [2.45, 2.75) is 45.6 Å². The maximum Gasteiger partial charge on any atom is 0.0947 e. The predicted molar refractivity (Wildman–Crippen MR) is 85.3 cm³/mol. The molecule has 1 unspecified atom stereocenters. The summed E-state index contributed by atoms with van der Waals surface area (Å²) >= 11 is 1.75. The lowest BCUT2D eigenvalue weighted by atomic mass is 9.93. The van der Waals surface area contributed by atoms with Gasteiger partial charge in [0.25, 0.3) is 0 Å². The van der Waals surface area contributed by atoms with Crippen LogP contribution in [0.2, 0.25) is 0 Å². The Bertz CT molecular complexity index is 569. The first kappa shape index (κ1) is 15.1. The Morgan fingerprint density at radius 1 is 1.35 bits per heavy atom. The molecular formula is C16H23N3S. The zero-order valence-corrected chi connectivity index (χ0v) is 13.7. The molecule has 0 saturated carbocycles. The van der Waals surface area contributed by atoms with Crippen molar-refractivity contribution in [3.63, 3.8) is 0 Å². The van der Waals surface area contributed by atoms with E-state index in [1.54, 1.807) is 11.3 Å². The predicted octanol–water partition coefficient (Wildman–Crippen LogP) is 3.65. The summed E-state index contributed by atoms with van der Waals surface area (Å²) in [5.74, 6) is 0. The topological polar surface area (TPSA) is 37.8 Å². The maximum absolute atomic E-state index is 4.79. The van der Waals surface area contributed by atoms with Gasteiger partial charge in [0, 0.05) is 35.7 Å². The maximum atomic E-state index is 4.79. The summed E-state index contributed by atoms with van der Waals surface area (Å²) in [7, 11) is 2.00. The van der Waals surface area contributed by atoms with Gasteiger partial charge in [0.1, 0.15) is 0 Å². The van der Waals surface area contributed by atoms with Crippen LogP contribution in [0.5, 0.6) is 0 Å². The first-order valence-corrected chi connectivity index (χ1v) is 7.82. The van der Waals surface area contributed by atoms with E-state index in [0.717, 1.165) is 6.42 Å². The van der Waals surface area contributed by atoms with Crippen molar-refractivity contribution in [2.75, 3.05) is 7.05 Å². The Morgan fingerprint density at radius 3 is 2.65 bits per heavy atom. The minimum Gasteiger partial charge on any atom is -0.313 e. The van der Waals surface area contributed by atoms with Crippen LogP contribution in [0, 0.1) is 6.92 Å². The smallest absolute Gasteiger partial charge is 0.0947 e. The van der Waals surface area contributed by atoms with E-state index in [2.05, 4.69) is 49.4 Å². The van der Waals surface area contributed by atoms with Gasteiger partial charge in [-0.05, 0) is 31.2 Å². The lowest BCUT2D eigenvalue weighted by Crippen LogP contribution is -2.20. The fourth-order valence-corrected chi connectivity index (χ4v) is 3.23. The fraction of sp³-hybridized carbons (Fsp3) is 0.500. The second-order valence-electron chi connectivity index (χ2n) is 6.15. The summed E-state index contributed by atoms with van der Waals surface area (Å²) in [5, 5.41) is 6.76. The third kappa shape index (κ3) is 3.44. The lowest BCUT2D eigenvalue weighted by Gasteiger charge is -2.18. The molecule has 0 aliphatic rings. The van der Waals surface area contributed by atoms with Crippen LogP contribution in [0.3, 0.4) is 0 Å². The highest BCUT2D eigenvalue weighted by molar-refractivity contribution is 7.09. The summed E-state index contributed by atoms with van der Waals surface area (Å²) in [6.45, 7) is 8.71. The molecule has 0 fully saturated rings. The van der Waals surface area contributed by atoms with Crippen molar-refractivity contribution in [1.29, 1.82) is 0 Å². The average molecular weight is 289 g/mol. The second kappa shape index (κ2) is 6.02. The minimum atomic E-state index is 0.122. The largest absolute Gasteiger partial charge is 0.313 e. The van der Waals surface area contributed by atoms with Crippen LogP contribution in [0.25, 0.3) is 0 Å². The van der Waals surface area contributed by atoms with Crippen LogP contribution in [-0.4, -0.2) is 17.0 Å². The molecule has 0 amide bonds. The van der Waals surface area contributed by atoms with E-state index in [1.807, 2.05) is 19.4 Å². The number of nitrogens with zero attached hydrogens (tertiary/aromatic N) is 2. The highest BCUT2D eigenvalue weighted by Gasteiger charge is 2.19. The SMILES string of the molecule is CNC(Cc1nc(C(C)(C)C)cs1)c1ccncc1C. The van der Waals surface area contributed by atoms with Crippen LogP contribution < -0.4 is 5.32 Å². The Labute approximate surface area is 125 Å². The van der Waals surface area contributed by atoms with Gasteiger partial charge in [-0.2, -0.15) is 0 Å². The molecule has 2 aromatic heterocycles. The summed E-state index contributed by atoms with van der Waals surface area (Å²) in [5.41, 5.74) is 3.82. The van der Waals surface area contributed by atoms with E-state index in [-0.39, 0.29) is 11.5 Å². The van der Waals surface area contributed by atoms with Crippen molar-refractivity contribution < 1.29 is 0 Å². The van der Waals surface area contributed by atoms with Gasteiger partial charge in [-0.1, -0.05) is 20.8 Å². The second-order valence-corrected chi connectivity index (χ2v) is 7.10. The monoisotopic (exact) mass is 289 g/mol. The van der Waals surface area contributed by atoms with E-state index < -0.39 is 0 Å². The van der Waals surface area contributed by atoms with Crippen LogP contribution in [0.1, 0.15) is 48.6 Å². The van der Waals surface area contributed by atoms with Crippen molar-refractivity contribution in [3.8, 4) is 0 Å². The van der Waals surface area contributed by atoms with E-state index in [0.29, 0.717) is 0 Å². The van der Waals surface area contributed by atoms with Crippen LogP contribution >= 0.6 is 11.3 Å². The normalized spacial score (nSPS) is 13.4. The minimum absolute atomic E-state index is 0.122. The molecule has 4 heteroatoms.